The molecule has 0 saturated heterocycles. The maximum absolute atomic E-state index is 10.6. The fraction of sp³-hybridized carbons (Fsp3) is 0.214. The molecule has 1 amide bonds. The van der Waals surface area contributed by atoms with Gasteiger partial charge < -0.3 is 5.32 Å². The summed E-state index contributed by atoms with van der Waals surface area (Å²) in [5.74, 6) is 0.631. The van der Waals surface area contributed by atoms with Gasteiger partial charge in [-0.05, 0) is 24.8 Å². The number of rotatable bonds is 2. The van der Waals surface area contributed by atoms with E-state index in [1.807, 2.05) is 6.07 Å². The van der Waals surface area contributed by atoms with Crippen molar-refractivity contribution in [3.8, 4) is 11.3 Å². The third-order valence-corrected chi connectivity index (χ3v) is 3.29. The molecule has 1 aromatic carbocycles. The molecule has 0 saturated carbocycles. The van der Waals surface area contributed by atoms with E-state index in [0.29, 0.717) is 12.2 Å². The Bertz CT molecular complexity index is 595. The van der Waals surface area contributed by atoms with E-state index in [9.17, 15) is 4.79 Å². The molecule has 1 aliphatic carbocycles. The highest BCUT2D eigenvalue weighted by Crippen LogP contribution is 2.33. The first-order valence-electron chi connectivity index (χ1n) is 6.02. The van der Waals surface area contributed by atoms with Gasteiger partial charge in [-0.2, -0.15) is 0 Å². The number of benzene rings is 1. The first-order chi connectivity index (χ1) is 8.90. The number of nitrogens with zero attached hydrogens (tertiary/aromatic N) is 2. The lowest BCUT2D eigenvalue weighted by molar-refractivity contribution is -0.105. The van der Waals surface area contributed by atoms with Crippen molar-refractivity contribution >= 4 is 12.2 Å². The first kappa shape index (κ1) is 10.9. The van der Waals surface area contributed by atoms with Crippen molar-refractivity contribution in [1.29, 1.82) is 0 Å². The molecular formula is C14H13N3O. The Hall–Kier alpha value is -2.23. The molecule has 1 aromatic heterocycles. The number of hydrogen-bond acceptors (Lipinski definition) is 3. The minimum absolute atomic E-state index is 0.631. The van der Waals surface area contributed by atoms with Gasteiger partial charge in [0.05, 0.1) is 5.69 Å². The van der Waals surface area contributed by atoms with Gasteiger partial charge in [0.2, 0.25) is 6.41 Å². The molecule has 0 aliphatic heterocycles. The second-order valence-electron chi connectivity index (χ2n) is 4.32. The molecule has 1 N–H and O–H groups in total. The lowest BCUT2D eigenvalue weighted by Gasteiger charge is -2.10. The van der Waals surface area contributed by atoms with Gasteiger partial charge in [0.1, 0.15) is 12.1 Å². The van der Waals surface area contributed by atoms with Crippen LogP contribution in [0.2, 0.25) is 0 Å². The number of anilines is 1. The highest BCUT2D eigenvalue weighted by Gasteiger charge is 2.18. The summed E-state index contributed by atoms with van der Waals surface area (Å²) in [7, 11) is 0. The number of carbonyl (C=O) groups is 1. The fourth-order valence-corrected chi connectivity index (χ4v) is 2.49. The van der Waals surface area contributed by atoms with Gasteiger partial charge in [0.25, 0.3) is 0 Å². The van der Waals surface area contributed by atoms with E-state index in [2.05, 4.69) is 33.5 Å². The van der Waals surface area contributed by atoms with Crippen molar-refractivity contribution in [2.75, 3.05) is 5.32 Å². The van der Waals surface area contributed by atoms with Crippen LogP contribution in [-0.4, -0.2) is 16.4 Å². The van der Waals surface area contributed by atoms with Crippen molar-refractivity contribution in [1.82, 2.24) is 9.97 Å². The van der Waals surface area contributed by atoms with Gasteiger partial charge >= 0.3 is 0 Å². The maximum Gasteiger partial charge on any atom is 0.212 e. The Morgan fingerprint density at radius 1 is 1.17 bits per heavy atom. The topological polar surface area (TPSA) is 54.9 Å². The molecule has 0 fully saturated rings. The molecule has 3 rings (SSSR count). The van der Waals surface area contributed by atoms with Crippen LogP contribution in [0.1, 0.15) is 17.5 Å². The first-order valence-corrected chi connectivity index (χ1v) is 6.02. The lowest BCUT2D eigenvalue weighted by Crippen LogP contribution is -2.04. The average molecular weight is 239 g/mol. The number of carbonyl (C=O) groups excluding carboxylic acids is 1. The number of aryl methyl sites for hydroxylation is 1. The van der Waals surface area contributed by atoms with Crippen molar-refractivity contribution in [3.05, 3.63) is 41.7 Å². The van der Waals surface area contributed by atoms with Gasteiger partial charge in [-0.25, -0.2) is 9.97 Å². The van der Waals surface area contributed by atoms with E-state index in [0.717, 1.165) is 36.1 Å². The summed E-state index contributed by atoms with van der Waals surface area (Å²) in [6.45, 7) is 0. The van der Waals surface area contributed by atoms with E-state index in [4.69, 9.17) is 0 Å². The van der Waals surface area contributed by atoms with Gasteiger partial charge in [-0.15, -0.1) is 0 Å². The SMILES string of the molecule is O=CNc1ncnc2c1CCCc1ccccc1-2. The molecule has 4 nitrogen and oxygen atoms in total. The summed E-state index contributed by atoms with van der Waals surface area (Å²) in [5, 5.41) is 2.66. The maximum atomic E-state index is 10.6. The molecule has 0 atom stereocenters. The van der Waals surface area contributed by atoms with E-state index < -0.39 is 0 Å². The smallest absolute Gasteiger partial charge is 0.212 e. The van der Waals surface area contributed by atoms with Crippen LogP contribution in [0.3, 0.4) is 0 Å². The van der Waals surface area contributed by atoms with Crippen LogP contribution in [0.4, 0.5) is 5.82 Å². The molecule has 0 radical (unpaired) electrons. The highest BCUT2D eigenvalue weighted by atomic mass is 16.1. The largest absolute Gasteiger partial charge is 0.313 e. The van der Waals surface area contributed by atoms with Crippen LogP contribution < -0.4 is 5.32 Å². The van der Waals surface area contributed by atoms with Gasteiger partial charge in [0.15, 0.2) is 0 Å². The third-order valence-electron chi connectivity index (χ3n) is 3.29. The summed E-state index contributed by atoms with van der Waals surface area (Å²) in [5.41, 5.74) is 4.45. The molecule has 0 spiro atoms. The number of fused-ring (bicyclic) bond motifs is 3. The van der Waals surface area contributed by atoms with Crippen LogP contribution in [0.25, 0.3) is 11.3 Å². The third kappa shape index (κ3) is 1.76. The van der Waals surface area contributed by atoms with Crippen molar-refractivity contribution in [3.63, 3.8) is 0 Å². The standard InChI is InChI=1S/C14H13N3O/c18-9-17-14-12-7-3-5-10-4-1-2-6-11(10)13(12)15-8-16-14/h1-2,4,6,8-9H,3,5,7H2,(H,15,16,17,18). The van der Waals surface area contributed by atoms with Crippen molar-refractivity contribution < 1.29 is 4.79 Å². The van der Waals surface area contributed by atoms with E-state index in [1.165, 1.54) is 11.9 Å². The van der Waals surface area contributed by atoms with Crippen LogP contribution in [0.15, 0.2) is 30.6 Å². The fourth-order valence-electron chi connectivity index (χ4n) is 2.49. The Labute approximate surface area is 105 Å². The molecule has 0 bridgehead atoms. The summed E-state index contributed by atoms with van der Waals surface area (Å²) in [6.07, 6.45) is 5.14. The Kier molecular flexibility index (Phi) is 2.76. The zero-order chi connectivity index (χ0) is 12.4. The van der Waals surface area contributed by atoms with Crippen molar-refractivity contribution in [2.24, 2.45) is 0 Å². The second kappa shape index (κ2) is 4.56. The summed E-state index contributed by atoms with van der Waals surface area (Å²) < 4.78 is 0. The van der Waals surface area contributed by atoms with Crippen LogP contribution in [0.5, 0.6) is 0 Å². The van der Waals surface area contributed by atoms with E-state index >= 15 is 0 Å². The van der Waals surface area contributed by atoms with Crippen LogP contribution >= 0.6 is 0 Å². The Morgan fingerprint density at radius 3 is 2.94 bits per heavy atom. The number of nitrogens with one attached hydrogen (secondary N) is 1. The highest BCUT2D eigenvalue weighted by molar-refractivity contribution is 5.77. The molecule has 4 heteroatoms. The number of hydrogen-bond donors (Lipinski definition) is 1. The molecule has 0 unspecified atom stereocenters. The monoisotopic (exact) mass is 239 g/mol. The zero-order valence-corrected chi connectivity index (χ0v) is 9.89. The molecule has 1 heterocycles. The van der Waals surface area contributed by atoms with Gasteiger partial charge in [-0.3, -0.25) is 4.79 Å². The van der Waals surface area contributed by atoms with E-state index in [1.54, 1.807) is 0 Å². The molecular weight excluding hydrogens is 226 g/mol. The summed E-state index contributed by atoms with van der Waals surface area (Å²) in [6, 6.07) is 8.29. The predicted octanol–water partition coefficient (Wildman–Crippen LogP) is 2.20. The zero-order valence-electron chi connectivity index (χ0n) is 9.89. The normalized spacial score (nSPS) is 13.1. The van der Waals surface area contributed by atoms with Gasteiger partial charge in [0, 0.05) is 11.1 Å². The molecule has 90 valence electrons. The second-order valence-corrected chi connectivity index (χ2v) is 4.32. The molecule has 2 aromatic rings. The number of aromatic nitrogens is 2. The average Bonchev–Trinajstić information content (AvgIpc) is 2.59. The summed E-state index contributed by atoms with van der Waals surface area (Å²) >= 11 is 0. The Balaban J connectivity index is 2.21. The molecule has 18 heavy (non-hydrogen) atoms. The predicted molar refractivity (Wildman–Crippen MR) is 69.2 cm³/mol. The lowest BCUT2D eigenvalue weighted by atomic mass is 10.0. The minimum atomic E-state index is 0.631. The van der Waals surface area contributed by atoms with Gasteiger partial charge in [-0.1, -0.05) is 24.3 Å². The minimum Gasteiger partial charge on any atom is -0.313 e. The van der Waals surface area contributed by atoms with Crippen molar-refractivity contribution in [2.45, 2.75) is 19.3 Å². The number of amides is 1. The Morgan fingerprint density at radius 2 is 2.06 bits per heavy atom. The molecule has 1 aliphatic rings. The van der Waals surface area contributed by atoms with Crippen LogP contribution in [-0.2, 0) is 17.6 Å². The summed E-state index contributed by atoms with van der Waals surface area (Å²) in [4.78, 5) is 19.2. The quantitative estimate of drug-likeness (QED) is 0.817. The van der Waals surface area contributed by atoms with E-state index in [-0.39, 0.29) is 0 Å². The van der Waals surface area contributed by atoms with Crippen LogP contribution in [0, 0.1) is 0 Å².